The van der Waals surface area contributed by atoms with Crippen LogP contribution < -0.4 is 0 Å². The van der Waals surface area contributed by atoms with E-state index in [1.807, 2.05) is 48.5 Å². The summed E-state index contributed by atoms with van der Waals surface area (Å²) in [5.41, 5.74) is -0.244. The van der Waals surface area contributed by atoms with Gasteiger partial charge in [0.05, 0.1) is 43.1 Å². The van der Waals surface area contributed by atoms with Gasteiger partial charge < -0.3 is 28.9 Å². The first-order valence-corrected chi connectivity index (χ1v) is 15.4. The minimum Gasteiger partial charge on any atom is -0.469 e. The third-order valence-corrected chi connectivity index (χ3v) is 8.59. The molecule has 4 rings (SSSR count). The molecule has 0 bridgehead atoms. The summed E-state index contributed by atoms with van der Waals surface area (Å²) >= 11 is 0. The quantitative estimate of drug-likeness (QED) is 0.0335. The summed E-state index contributed by atoms with van der Waals surface area (Å²) in [7, 11) is 1.27. The van der Waals surface area contributed by atoms with Crippen molar-refractivity contribution in [2.75, 3.05) is 27.1 Å². The van der Waals surface area contributed by atoms with Crippen LogP contribution in [0.25, 0.3) is 21.5 Å². The number of carbonyl (C=O) groups is 4. The molecule has 3 aromatic carbocycles. The second-order valence-corrected chi connectivity index (χ2v) is 11.9. The minimum absolute atomic E-state index is 0.0333. The Hall–Kier alpha value is -4.35. The minimum atomic E-state index is -1.04. The average Bonchev–Trinajstić information content (AvgIpc) is 3.90. The highest BCUT2D eigenvalue weighted by Crippen LogP contribution is 2.36. The topological polar surface area (TPSA) is 150 Å². The van der Waals surface area contributed by atoms with Crippen molar-refractivity contribution >= 4 is 51.6 Å². The monoisotopic (exact) mass is 635 g/mol. The maximum atomic E-state index is 13.2. The van der Waals surface area contributed by atoms with Crippen LogP contribution in [-0.2, 0) is 43.0 Å². The molecular formula is C35H41NO10. The summed E-state index contributed by atoms with van der Waals surface area (Å²) in [5, 5.41) is 17.2. The predicted octanol–water partition coefficient (Wildman–Crippen LogP) is 4.93. The van der Waals surface area contributed by atoms with Crippen LogP contribution in [0.3, 0.4) is 0 Å². The van der Waals surface area contributed by atoms with Crippen LogP contribution in [0.4, 0.5) is 0 Å². The third kappa shape index (κ3) is 8.67. The lowest BCUT2D eigenvalue weighted by Crippen LogP contribution is -2.36. The van der Waals surface area contributed by atoms with Crippen molar-refractivity contribution in [2.24, 2.45) is 28.3 Å². The largest absolute Gasteiger partial charge is 0.469 e. The standard InChI is InChI=1S/C35H41NO10/c1-5-35(3,34(41)42-4)17-26(33(40)44-20-27-19-43-27)16-25(32(39)45-21-37)14-22(2)31(38)46-36-18-30-28-12-8-6-10-23(28)15-24-11-7-9-13-29(24)30/h6-13,15,18,22,25-27,37H,5,14,16-17,19-21H2,1-4H3/b36-18+. The number of carbonyl (C=O) groups excluding carboxylic acids is 4. The van der Waals surface area contributed by atoms with E-state index in [1.165, 1.54) is 13.3 Å². The molecule has 5 atom stereocenters. The van der Waals surface area contributed by atoms with E-state index in [0.29, 0.717) is 13.0 Å². The number of esters is 3. The van der Waals surface area contributed by atoms with E-state index in [9.17, 15) is 24.3 Å². The van der Waals surface area contributed by atoms with Crippen LogP contribution in [0.1, 0.15) is 52.0 Å². The summed E-state index contributed by atoms with van der Waals surface area (Å²) in [6.07, 6.45) is 1.56. The molecule has 0 radical (unpaired) electrons. The molecule has 246 valence electrons. The molecule has 1 heterocycles. The van der Waals surface area contributed by atoms with Crippen molar-refractivity contribution in [2.45, 2.75) is 52.6 Å². The number of rotatable bonds is 16. The van der Waals surface area contributed by atoms with Crippen LogP contribution in [0, 0.1) is 23.2 Å². The van der Waals surface area contributed by atoms with E-state index >= 15 is 0 Å². The van der Waals surface area contributed by atoms with Crippen molar-refractivity contribution in [1.29, 1.82) is 0 Å². The zero-order valence-electron chi connectivity index (χ0n) is 26.6. The molecule has 1 aliphatic heterocycles. The first-order chi connectivity index (χ1) is 22.1. The van der Waals surface area contributed by atoms with Crippen LogP contribution in [0.5, 0.6) is 0 Å². The maximum absolute atomic E-state index is 13.2. The van der Waals surface area contributed by atoms with Crippen LogP contribution in [0.2, 0.25) is 0 Å². The number of aliphatic hydroxyl groups excluding tert-OH is 1. The number of oxime groups is 1. The Kier molecular flexibility index (Phi) is 11.8. The van der Waals surface area contributed by atoms with Crippen LogP contribution in [0.15, 0.2) is 59.8 Å². The SMILES string of the molecule is CCC(C)(CC(CC(CC(C)C(=O)O/N=C/c1c2ccccc2cc2ccccc12)C(=O)OCO)C(=O)OCC1CO1)C(=O)OC. The summed E-state index contributed by atoms with van der Waals surface area (Å²) in [6, 6.07) is 17.7. The Labute approximate surface area is 267 Å². The van der Waals surface area contributed by atoms with Gasteiger partial charge in [0.25, 0.3) is 0 Å². The molecule has 0 saturated carbocycles. The molecule has 0 amide bonds. The Morgan fingerprint density at radius 3 is 2.15 bits per heavy atom. The van der Waals surface area contributed by atoms with E-state index in [-0.39, 0.29) is 32.0 Å². The van der Waals surface area contributed by atoms with Gasteiger partial charge in [-0.2, -0.15) is 0 Å². The summed E-state index contributed by atoms with van der Waals surface area (Å²) in [4.78, 5) is 57.2. The molecule has 1 saturated heterocycles. The molecule has 1 aliphatic rings. The van der Waals surface area contributed by atoms with Gasteiger partial charge in [-0.05, 0) is 60.2 Å². The lowest BCUT2D eigenvalue weighted by Gasteiger charge is -2.30. The number of fused-ring (bicyclic) bond motifs is 2. The van der Waals surface area contributed by atoms with Crippen LogP contribution >= 0.6 is 0 Å². The summed E-state index contributed by atoms with van der Waals surface area (Å²) in [5.74, 6) is -5.36. The lowest BCUT2D eigenvalue weighted by atomic mass is 9.75. The molecule has 1 fully saturated rings. The molecule has 0 aliphatic carbocycles. The average molecular weight is 636 g/mol. The van der Waals surface area contributed by atoms with Gasteiger partial charge in [0.1, 0.15) is 12.7 Å². The molecule has 46 heavy (non-hydrogen) atoms. The first-order valence-electron chi connectivity index (χ1n) is 15.4. The highest BCUT2D eigenvalue weighted by molar-refractivity contribution is 6.13. The predicted molar refractivity (Wildman–Crippen MR) is 169 cm³/mol. The number of nitrogens with zero attached hydrogens (tertiary/aromatic N) is 1. The van der Waals surface area contributed by atoms with Gasteiger partial charge in [-0.3, -0.25) is 14.4 Å². The highest BCUT2D eigenvalue weighted by Gasteiger charge is 2.41. The zero-order chi connectivity index (χ0) is 33.3. The number of benzene rings is 3. The molecule has 0 spiro atoms. The summed E-state index contributed by atoms with van der Waals surface area (Å²) < 4.78 is 20.5. The normalized spacial score (nSPS) is 17.5. The third-order valence-electron chi connectivity index (χ3n) is 8.59. The van der Waals surface area contributed by atoms with Crippen molar-refractivity contribution in [3.8, 4) is 0 Å². The number of aliphatic hydroxyl groups is 1. The van der Waals surface area contributed by atoms with Gasteiger partial charge in [-0.25, -0.2) is 4.79 Å². The Balaban J connectivity index is 1.51. The number of ether oxygens (including phenoxy) is 4. The van der Waals surface area contributed by atoms with Gasteiger partial charge in [0, 0.05) is 5.56 Å². The van der Waals surface area contributed by atoms with Gasteiger partial charge in [0.2, 0.25) is 0 Å². The fourth-order valence-corrected chi connectivity index (χ4v) is 5.63. The molecule has 11 nitrogen and oxygen atoms in total. The number of methoxy groups -OCH3 is 1. The van der Waals surface area contributed by atoms with Gasteiger partial charge in [0.15, 0.2) is 6.79 Å². The first kappa shape index (κ1) is 34.5. The fraction of sp³-hybridized carbons (Fsp3) is 0.457. The van der Waals surface area contributed by atoms with E-state index in [4.69, 9.17) is 23.8 Å². The smallest absolute Gasteiger partial charge is 0.337 e. The zero-order valence-corrected chi connectivity index (χ0v) is 26.6. The number of hydrogen-bond donors (Lipinski definition) is 1. The van der Waals surface area contributed by atoms with Crippen molar-refractivity contribution in [1.82, 2.24) is 0 Å². The number of epoxide rings is 1. The van der Waals surface area contributed by atoms with Crippen LogP contribution in [-0.4, -0.2) is 68.4 Å². The summed E-state index contributed by atoms with van der Waals surface area (Å²) in [6.45, 7) is 4.72. The second-order valence-electron chi connectivity index (χ2n) is 11.9. The molecule has 5 unspecified atom stereocenters. The van der Waals surface area contributed by atoms with E-state index < -0.39 is 53.8 Å². The van der Waals surface area contributed by atoms with E-state index in [0.717, 1.165) is 27.1 Å². The molecule has 0 aromatic heterocycles. The van der Waals surface area contributed by atoms with Gasteiger partial charge >= 0.3 is 23.9 Å². The number of hydrogen-bond acceptors (Lipinski definition) is 11. The van der Waals surface area contributed by atoms with Crippen molar-refractivity contribution < 1.29 is 48.1 Å². The molecular weight excluding hydrogens is 594 g/mol. The second kappa shape index (κ2) is 15.8. The Bertz CT molecular complexity index is 1530. The Morgan fingerprint density at radius 2 is 1.59 bits per heavy atom. The molecule has 11 heteroatoms. The fourth-order valence-electron chi connectivity index (χ4n) is 5.63. The maximum Gasteiger partial charge on any atom is 0.337 e. The van der Waals surface area contributed by atoms with Crippen molar-refractivity contribution in [3.63, 3.8) is 0 Å². The van der Waals surface area contributed by atoms with Crippen molar-refractivity contribution in [3.05, 3.63) is 60.2 Å². The molecule has 1 N–H and O–H groups in total. The van der Waals surface area contributed by atoms with E-state index in [2.05, 4.69) is 11.2 Å². The molecule has 3 aromatic rings. The lowest BCUT2D eigenvalue weighted by molar-refractivity contribution is -0.161. The van der Waals surface area contributed by atoms with Gasteiger partial charge in [-0.15, -0.1) is 0 Å². The van der Waals surface area contributed by atoms with Gasteiger partial charge in [-0.1, -0.05) is 67.5 Å². The highest BCUT2D eigenvalue weighted by atomic mass is 16.7. The Morgan fingerprint density at radius 1 is 0.978 bits per heavy atom. The van der Waals surface area contributed by atoms with E-state index in [1.54, 1.807) is 20.8 Å².